The van der Waals surface area contributed by atoms with Gasteiger partial charge in [-0.25, -0.2) is 0 Å². The van der Waals surface area contributed by atoms with E-state index in [1.54, 1.807) is 12.1 Å². The predicted molar refractivity (Wildman–Crippen MR) is 98.7 cm³/mol. The molecule has 1 amide bonds. The van der Waals surface area contributed by atoms with E-state index in [-0.39, 0.29) is 11.7 Å². The number of anilines is 1. The van der Waals surface area contributed by atoms with Crippen molar-refractivity contribution in [3.63, 3.8) is 0 Å². The highest BCUT2D eigenvalue weighted by Crippen LogP contribution is 2.11. The number of nitrogens with zero attached hydrogens (tertiary/aromatic N) is 1. The van der Waals surface area contributed by atoms with Gasteiger partial charge < -0.3 is 14.6 Å². The zero-order valence-corrected chi connectivity index (χ0v) is 14.9. The number of amides is 1. The molecule has 1 heterocycles. The van der Waals surface area contributed by atoms with Gasteiger partial charge in [-0.1, -0.05) is 19.1 Å². The maximum absolute atomic E-state index is 12.0. The fraction of sp³-hybridized carbons (Fsp3) is 0.294. The Hall–Kier alpha value is -2.38. The number of nitrogens with one attached hydrogen (secondary N) is 3. The van der Waals surface area contributed by atoms with Crippen LogP contribution in [0.1, 0.15) is 28.8 Å². The third-order valence-corrected chi connectivity index (χ3v) is 3.44. The summed E-state index contributed by atoms with van der Waals surface area (Å²) < 4.78 is 5.48. The summed E-state index contributed by atoms with van der Waals surface area (Å²) in [6.45, 7) is 2.72. The van der Waals surface area contributed by atoms with Gasteiger partial charge in [0.05, 0.1) is 6.54 Å². The minimum atomic E-state index is -0.383. The average Bonchev–Trinajstić information content (AvgIpc) is 3.00. The van der Waals surface area contributed by atoms with E-state index in [0.717, 1.165) is 17.9 Å². The van der Waals surface area contributed by atoms with Crippen molar-refractivity contribution in [3.8, 4) is 0 Å². The number of furan rings is 1. The van der Waals surface area contributed by atoms with Gasteiger partial charge in [-0.05, 0) is 62.6 Å². The monoisotopic (exact) mass is 346 g/mol. The number of benzene rings is 1. The number of rotatable bonds is 5. The van der Waals surface area contributed by atoms with Crippen LogP contribution < -0.4 is 16.2 Å². The van der Waals surface area contributed by atoms with Crippen LogP contribution in [-0.4, -0.2) is 30.0 Å². The fourth-order valence-corrected chi connectivity index (χ4v) is 2.27. The van der Waals surface area contributed by atoms with Gasteiger partial charge in [-0.3, -0.25) is 15.6 Å². The lowest BCUT2D eigenvalue weighted by molar-refractivity contribution is 0.0913. The molecule has 0 aliphatic rings. The Morgan fingerprint density at radius 3 is 2.71 bits per heavy atom. The summed E-state index contributed by atoms with van der Waals surface area (Å²) >= 11 is 5.17. The first kappa shape index (κ1) is 18.0. The number of hydrogen-bond acceptors (Lipinski definition) is 4. The third-order valence-electron chi connectivity index (χ3n) is 3.24. The van der Waals surface area contributed by atoms with Gasteiger partial charge in [0, 0.05) is 5.69 Å². The molecular weight excluding hydrogens is 324 g/mol. The maximum Gasteiger partial charge on any atom is 0.305 e. The number of carbonyl (C=O) groups excluding carboxylic acids is 1. The second-order valence-corrected chi connectivity index (χ2v) is 6.00. The second-order valence-electron chi connectivity index (χ2n) is 5.59. The molecule has 0 aliphatic heterocycles. The first-order valence-electron chi connectivity index (χ1n) is 7.67. The molecule has 0 spiro atoms. The SMILES string of the molecule is CCc1cccc(NC(=S)NNC(=O)c2ccc(CN(C)C)o2)c1. The third kappa shape index (κ3) is 5.36. The summed E-state index contributed by atoms with van der Waals surface area (Å²) in [5.41, 5.74) is 7.25. The lowest BCUT2D eigenvalue weighted by atomic mass is 10.1. The summed E-state index contributed by atoms with van der Waals surface area (Å²) in [5, 5.41) is 3.33. The van der Waals surface area contributed by atoms with E-state index in [9.17, 15) is 4.79 Å². The molecule has 0 bridgehead atoms. The molecule has 0 atom stereocenters. The van der Waals surface area contributed by atoms with Gasteiger partial charge in [0.2, 0.25) is 0 Å². The highest BCUT2D eigenvalue weighted by atomic mass is 32.1. The van der Waals surface area contributed by atoms with Crippen LogP contribution in [0.2, 0.25) is 0 Å². The molecule has 1 aromatic carbocycles. The van der Waals surface area contributed by atoms with Crippen molar-refractivity contribution in [2.24, 2.45) is 0 Å². The topological polar surface area (TPSA) is 69.5 Å². The molecule has 0 saturated heterocycles. The Morgan fingerprint density at radius 2 is 2.00 bits per heavy atom. The summed E-state index contributed by atoms with van der Waals surface area (Å²) in [5.74, 6) is 0.573. The normalized spacial score (nSPS) is 10.5. The van der Waals surface area contributed by atoms with E-state index >= 15 is 0 Å². The highest BCUT2D eigenvalue weighted by Gasteiger charge is 2.11. The summed E-state index contributed by atoms with van der Waals surface area (Å²) in [7, 11) is 3.86. The van der Waals surface area contributed by atoms with Crippen molar-refractivity contribution in [1.82, 2.24) is 15.8 Å². The molecule has 0 aliphatic carbocycles. The molecular formula is C17H22N4O2S. The van der Waals surface area contributed by atoms with Crippen LogP contribution in [0.15, 0.2) is 40.8 Å². The summed E-state index contributed by atoms with van der Waals surface area (Å²) in [6.07, 6.45) is 0.945. The Labute approximate surface area is 147 Å². The molecule has 6 nitrogen and oxygen atoms in total. The van der Waals surface area contributed by atoms with E-state index < -0.39 is 0 Å². The molecule has 0 saturated carbocycles. The standard InChI is InChI=1S/C17H22N4O2S/c1-4-12-6-5-7-13(10-12)18-17(24)20-19-16(22)15-9-8-14(23-15)11-21(2)3/h5-10H,4,11H2,1-3H3,(H,19,22)(H2,18,20,24). The number of aryl methyl sites for hydroxylation is 1. The summed E-state index contributed by atoms with van der Waals surface area (Å²) in [4.78, 5) is 14.0. The van der Waals surface area contributed by atoms with Gasteiger partial charge in [0.25, 0.3) is 0 Å². The zero-order chi connectivity index (χ0) is 17.5. The Balaban J connectivity index is 1.84. The molecule has 0 fully saturated rings. The first-order chi connectivity index (χ1) is 11.5. The van der Waals surface area contributed by atoms with Crippen molar-refractivity contribution < 1.29 is 9.21 Å². The molecule has 0 radical (unpaired) electrons. The van der Waals surface area contributed by atoms with Crippen molar-refractivity contribution in [2.45, 2.75) is 19.9 Å². The molecule has 2 rings (SSSR count). The van der Waals surface area contributed by atoms with Crippen molar-refractivity contribution in [3.05, 3.63) is 53.5 Å². The molecule has 128 valence electrons. The number of carbonyl (C=O) groups is 1. The molecule has 0 unspecified atom stereocenters. The van der Waals surface area contributed by atoms with Crippen molar-refractivity contribution in [1.29, 1.82) is 0 Å². The number of hydrazine groups is 1. The van der Waals surface area contributed by atoms with Crippen LogP contribution in [0.5, 0.6) is 0 Å². The van der Waals surface area contributed by atoms with Gasteiger partial charge in [-0.2, -0.15) is 0 Å². The smallest absolute Gasteiger partial charge is 0.305 e. The minimum absolute atomic E-state index is 0.232. The van der Waals surface area contributed by atoms with E-state index in [1.165, 1.54) is 5.56 Å². The van der Waals surface area contributed by atoms with Crippen molar-refractivity contribution >= 4 is 28.9 Å². The van der Waals surface area contributed by atoms with E-state index in [1.807, 2.05) is 43.3 Å². The number of hydrogen-bond donors (Lipinski definition) is 3. The van der Waals surface area contributed by atoms with Gasteiger partial charge in [0.15, 0.2) is 10.9 Å². The molecule has 1 aromatic heterocycles. The fourth-order valence-electron chi connectivity index (χ4n) is 2.10. The lowest BCUT2D eigenvalue weighted by Crippen LogP contribution is -2.43. The minimum Gasteiger partial charge on any atom is -0.454 e. The molecule has 2 aromatic rings. The molecule has 24 heavy (non-hydrogen) atoms. The van der Waals surface area contributed by atoms with E-state index in [2.05, 4.69) is 23.1 Å². The Bertz CT molecular complexity index is 712. The van der Waals surface area contributed by atoms with Gasteiger partial charge in [-0.15, -0.1) is 0 Å². The Kier molecular flexibility index (Phi) is 6.34. The average molecular weight is 346 g/mol. The van der Waals surface area contributed by atoms with Crippen LogP contribution >= 0.6 is 12.2 Å². The highest BCUT2D eigenvalue weighted by molar-refractivity contribution is 7.80. The van der Waals surface area contributed by atoms with E-state index in [4.69, 9.17) is 16.6 Å². The predicted octanol–water partition coefficient (Wildman–Crippen LogP) is 2.54. The van der Waals surface area contributed by atoms with Crippen LogP contribution in [-0.2, 0) is 13.0 Å². The first-order valence-corrected chi connectivity index (χ1v) is 8.08. The Morgan fingerprint density at radius 1 is 1.21 bits per heavy atom. The molecule has 3 N–H and O–H groups in total. The van der Waals surface area contributed by atoms with Gasteiger partial charge in [0.1, 0.15) is 5.76 Å². The van der Waals surface area contributed by atoms with E-state index in [0.29, 0.717) is 11.7 Å². The van der Waals surface area contributed by atoms with Crippen molar-refractivity contribution in [2.75, 3.05) is 19.4 Å². The van der Waals surface area contributed by atoms with Crippen LogP contribution in [0, 0.1) is 0 Å². The van der Waals surface area contributed by atoms with Gasteiger partial charge >= 0.3 is 5.91 Å². The second kappa shape index (κ2) is 8.47. The maximum atomic E-state index is 12.0. The summed E-state index contributed by atoms with van der Waals surface area (Å²) in [6, 6.07) is 11.3. The molecule has 7 heteroatoms. The van der Waals surface area contributed by atoms with Crippen LogP contribution in [0.25, 0.3) is 0 Å². The van der Waals surface area contributed by atoms with Crippen LogP contribution in [0.3, 0.4) is 0 Å². The van der Waals surface area contributed by atoms with Crippen LogP contribution in [0.4, 0.5) is 5.69 Å². The zero-order valence-electron chi connectivity index (χ0n) is 14.1. The largest absolute Gasteiger partial charge is 0.454 e. The quantitative estimate of drug-likeness (QED) is 0.571. The number of thiocarbonyl (C=S) groups is 1. The lowest BCUT2D eigenvalue weighted by Gasteiger charge is -2.11.